The highest BCUT2D eigenvalue weighted by Gasteiger charge is 2.14. The van der Waals surface area contributed by atoms with Crippen LogP contribution in [0.1, 0.15) is 12.8 Å². The van der Waals surface area contributed by atoms with Gasteiger partial charge in [0, 0.05) is 19.8 Å². The van der Waals surface area contributed by atoms with Crippen molar-refractivity contribution in [3.8, 4) is 0 Å². The topological polar surface area (TPSA) is 47.0 Å². The second-order valence-corrected chi connectivity index (χ2v) is 4.06. The van der Waals surface area contributed by atoms with E-state index in [1.54, 1.807) is 6.20 Å². The van der Waals surface area contributed by atoms with E-state index >= 15 is 0 Å². The van der Waals surface area contributed by atoms with Gasteiger partial charge in [0.25, 0.3) is 0 Å². The Hall–Kier alpha value is -0.870. The van der Waals surface area contributed by atoms with E-state index in [4.69, 9.17) is 16.3 Å². The third-order valence-electron chi connectivity index (χ3n) is 2.49. The Morgan fingerprint density at radius 1 is 1.53 bits per heavy atom. The van der Waals surface area contributed by atoms with Gasteiger partial charge in [0.05, 0.1) is 12.4 Å². The molecule has 15 heavy (non-hydrogen) atoms. The van der Waals surface area contributed by atoms with Gasteiger partial charge in [-0.25, -0.2) is 4.98 Å². The molecule has 5 heteroatoms. The summed E-state index contributed by atoms with van der Waals surface area (Å²) in [6, 6.07) is 0. The maximum Gasteiger partial charge on any atom is 0.149 e. The Labute approximate surface area is 94.0 Å². The summed E-state index contributed by atoms with van der Waals surface area (Å²) in [5, 5.41) is 3.62. The molecule has 0 bridgehead atoms. The SMILES string of the molecule is Clc1cncc(NCCC2CCOC2)n1. The van der Waals surface area contributed by atoms with Crippen LogP contribution in [0, 0.1) is 5.92 Å². The Kier molecular flexibility index (Phi) is 3.75. The number of aromatic nitrogens is 2. The summed E-state index contributed by atoms with van der Waals surface area (Å²) >= 11 is 5.72. The summed E-state index contributed by atoms with van der Waals surface area (Å²) in [6.45, 7) is 2.69. The smallest absolute Gasteiger partial charge is 0.149 e. The van der Waals surface area contributed by atoms with E-state index in [-0.39, 0.29) is 0 Å². The molecule has 4 nitrogen and oxygen atoms in total. The minimum atomic E-state index is 0.421. The van der Waals surface area contributed by atoms with E-state index in [1.807, 2.05) is 0 Å². The van der Waals surface area contributed by atoms with Crippen LogP contribution >= 0.6 is 11.6 Å². The van der Waals surface area contributed by atoms with E-state index in [2.05, 4.69) is 15.3 Å². The highest BCUT2D eigenvalue weighted by Crippen LogP contribution is 2.16. The average molecular weight is 228 g/mol. The van der Waals surface area contributed by atoms with Gasteiger partial charge in [0.15, 0.2) is 0 Å². The number of rotatable bonds is 4. The maximum atomic E-state index is 5.72. The van der Waals surface area contributed by atoms with Crippen molar-refractivity contribution in [1.82, 2.24) is 9.97 Å². The number of hydrogen-bond acceptors (Lipinski definition) is 4. The summed E-state index contributed by atoms with van der Waals surface area (Å²) in [5.74, 6) is 1.42. The van der Waals surface area contributed by atoms with Gasteiger partial charge in [-0.1, -0.05) is 11.6 Å². The third-order valence-corrected chi connectivity index (χ3v) is 2.67. The lowest BCUT2D eigenvalue weighted by atomic mass is 10.1. The van der Waals surface area contributed by atoms with Crippen molar-refractivity contribution < 1.29 is 4.74 Å². The molecule has 1 fully saturated rings. The Balaban J connectivity index is 1.73. The minimum Gasteiger partial charge on any atom is -0.381 e. The van der Waals surface area contributed by atoms with Gasteiger partial charge < -0.3 is 10.1 Å². The number of ether oxygens (including phenoxy) is 1. The highest BCUT2D eigenvalue weighted by atomic mass is 35.5. The van der Waals surface area contributed by atoms with Crippen molar-refractivity contribution in [2.24, 2.45) is 5.92 Å². The number of anilines is 1. The van der Waals surface area contributed by atoms with E-state index < -0.39 is 0 Å². The molecule has 1 N–H and O–H groups in total. The van der Waals surface area contributed by atoms with Gasteiger partial charge in [0.2, 0.25) is 0 Å². The van der Waals surface area contributed by atoms with Gasteiger partial charge in [-0.3, -0.25) is 4.98 Å². The molecule has 1 aliphatic heterocycles. The summed E-state index contributed by atoms with van der Waals surface area (Å²) in [5.41, 5.74) is 0. The highest BCUT2D eigenvalue weighted by molar-refractivity contribution is 6.29. The fourth-order valence-electron chi connectivity index (χ4n) is 1.64. The standard InChI is InChI=1S/C10H14ClN3O/c11-9-5-12-6-10(14-9)13-3-1-8-2-4-15-7-8/h5-6,8H,1-4,7H2,(H,13,14). The molecule has 82 valence electrons. The molecule has 0 spiro atoms. The van der Waals surface area contributed by atoms with E-state index in [9.17, 15) is 0 Å². The molecule has 1 aromatic rings. The number of hydrogen-bond donors (Lipinski definition) is 1. The van der Waals surface area contributed by atoms with E-state index in [0.29, 0.717) is 11.1 Å². The van der Waals surface area contributed by atoms with Crippen LogP contribution in [-0.4, -0.2) is 29.7 Å². The van der Waals surface area contributed by atoms with Gasteiger partial charge in [-0.05, 0) is 18.8 Å². The first-order valence-electron chi connectivity index (χ1n) is 5.14. The third kappa shape index (κ3) is 3.32. The van der Waals surface area contributed by atoms with Crippen LogP contribution in [-0.2, 0) is 4.74 Å². The lowest BCUT2D eigenvalue weighted by Gasteiger charge is -2.08. The molecule has 2 heterocycles. The minimum absolute atomic E-state index is 0.421. The normalized spacial score (nSPS) is 20.5. The molecule has 1 aliphatic rings. The monoisotopic (exact) mass is 227 g/mol. The van der Waals surface area contributed by atoms with Crippen molar-refractivity contribution in [3.63, 3.8) is 0 Å². The van der Waals surface area contributed by atoms with Crippen molar-refractivity contribution in [2.75, 3.05) is 25.1 Å². The van der Waals surface area contributed by atoms with Crippen molar-refractivity contribution in [1.29, 1.82) is 0 Å². The summed E-state index contributed by atoms with van der Waals surface area (Å²) in [6.07, 6.45) is 5.48. The van der Waals surface area contributed by atoms with Crippen molar-refractivity contribution in [3.05, 3.63) is 17.5 Å². The van der Waals surface area contributed by atoms with E-state index in [1.165, 1.54) is 12.6 Å². The van der Waals surface area contributed by atoms with Gasteiger partial charge in [-0.2, -0.15) is 0 Å². The lowest BCUT2D eigenvalue weighted by Crippen LogP contribution is -2.10. The second-order valence-electron chi connectivity index (χ2n) is 3.67. The van der Waals surface area contributed by atoms with Crippen LogP contribution in [0.15, 0.2) is 12.4 Å². The first-order chi connectivity index (χ1) is 7.34. The van der Waals surface area contributed by atoms with Gasteiger partial charge in [-0.15, -0.1) is 0 Å². The van der Waals surface area contributed by atoms with Crippen LogP contribution in [0.4, 0.5) is 5.82 Å². The first kappa shape index (κ1) is 10.6. The molecule has 1 unspecified atom stereocenters. The van der Waals surface area contributed by atoms with Crippen LogP contribution in [0.2, 0.25) is 5.15 Å². The fraction of sp³-hybridized carbons (Fsp3) is 0.600. The van der Waals surface area contributed by atoms with Gasteiger partial charge in [0.1, 0.15) is 11.0 Å². The molecule has 1 saturated heterocycles. The summed E-state index contributed by atoms with van der Waals surface area (Å²) < 4.78 is 5.30. The average Bonchev–Trinajstić information content (AvgIpc) is 2.71. The quantitative estimate of drug-likeness (QED) is 0.855. The Morgan fingerprint density at radius 3 is 3.20 bits per heavy atom. The second kappa shape index (κ2) is 5.28. The molecule has 0 radical (unpaired) electrons. The zero-order valence-corrected chi connectivity index (χ0v) is 9.20. The Bertz CT molecular complexity index is 315. The lowest BCUT2D eigenvalue weighted by molar-refractivity contribution is 0.185. The molecule has 0 aromatic carbocycles. The predicted molar refractivity (Wildman–Crippen MR) is 59.1 cm³/mol. The van der Waals surface area contributed by atoms with Crippen LogP contribution in [0.25, 0.3) is 0 Å². The van der Waals surface area contributed by atoms with Crippen LogP contribution < -0.4 is 5.32 Å². The fourth-order valence-corrected chi connectivity index (χ4v) is 1.79. The molecule has 1 aromatic heterocycles. The Morgan fingerprint density at radius 2 is 2.47 bits per heavy atom. The molecule has 0 saturated carbocycles. The maximum absolute atomic E-state index is 5.72. The largest absolute Gasteiger partial charge is 0.381 e. The van der Waals surface area contributed by atoms with Crippen molar-refractivity contribution >= 4 is 17.4 Å². The summed E-state index contributed by atoms with van der Waals surface area (Å²) in [7, 11) is 0. The van der Waals surface area contributed by atoms with Crippen LogP contribution in [0.3, 0.4) is 0 Å². The molecule has 0 aliphatic carbocycles. The van der Waals surface area contributed by atoms with Crippen molar-refractivity contribution in [2.45, 2.75) is 12.8 Å². The molecular formula is C10H14ClN3O. The molecular weight excluding hydrogens is 214 g/mol. The molecule has 2 rings (SSSR count). The number of halogens is 1. The van der Waals surface area contributed by atoms with Gasteiger partial charge >= 0.3 is 0 Å². The zero-order chi connectivity index (χ0) is 10.5. The van der Waals surface area contributed by atoms with E-state index in [0.717, 1.165) is 32.0 Å². The number of nitrogens with zero attached hydrogens (tertiary/aromatic N) is 2. The van der Waals surface area contributed by atoms with Crippen LogP contribution in [0.5, 0.6) is 0 Å². The molecule has 0 amide bonds. The predicted octanol–water partition coefficient (Wildman–Crippen LogP) is 1.97. The number of nitrogens with one attached hydrogen (secondary N) is 1. The zero-order valence-electron chi connectivity index (χ0n) is 8.45. The summed E-state index contributed by atoms with van der Waals surface area (Å²) in [4.78, 5) is 8.05. The molecule has 1 atom stereocenters. The first-order valence-corrected chi connectivity index (χ1v) is 5.51.